The van der Waals surface area contributed by atoms with Crippen molar-refractivity contribution in [3.8, 4) is 5.75 Å². The van der Waals surface area contributed by atoms with E-state index in [1.54, 1.807) is 0 Å². The molecule has 0 spiro atoms. The molecule has 2 aromatic carbocycles. The Morgan fingerprint density at radius 2 is 1.10 bits per heavy atom. The third-order valence-corrected chi connectivity index (χ3v) is 7.67. The monoisotopic (exact) mass is 422 g/mol. The first kappa shape index (κ1) is 25.5. The Labute approximate surface area is 192 Å². The lowest BCUT2D eigenvalue weighted by molar-refractivity contribution is 0.143. The predicted octanol–water partition coefficient (Wildman–Crippen LogP) is 9.43. The van der Waals surface area contributed by atoms with Crippen LogP contribution in [0.1, 0.15) is 116 Å². The maximum Gasteiger partial charge on any atom is 0.119 e. The van der Waals surface area contributed by atoms with Crippen molar-refractivity contribution in [1.82, 2.24) is 0 Å². The number of phenolic OH excluding ortho intramolecular Hbond substituents is 1. The summed E-state index contributed by atoms with van der Waals surface area (Å²) in [4.78, 5) is 0. The molecule has 0 aliphatic heterocycles. The van der Waals surface area contributed by atoms with Gasteiger partial charge >= 0.3 is 0 Å². The second-order valence-corrected chi connectivity index (χ2v) is 9.90. The van der Waals surface area contributed by atoms with Crippen LogP contribution in [0.15, 0.2) is 54.6 Å². The van der Waals surface area contributed by atoms with E-state index in [9.17, 15) is 5.11 Å². The molecular weight excluding hydrogens is 376 g/mol. The largest absolute Gasteiger partial charge is 0.508 e. The molecule has 0 aromatic heterocycles. The summed E-state index contributed by atoms with van der Waals surface area (Å²) in [6, 6.07) is 19.0. The van der Waals surface area contributed by atoms with Crippen LogP contribution in [0, 0.1) is 5.41 Å². The minimum Gasteiger partial charge on any atom is -0.508 e. The van der Waals surface area contributed by atoms with E-state index in [2.05, 4.69) is 70.2 Å². The minimum absolute atomic E-state index is 0.0889. The first-order valence-electron chi connectivity index (χ1n) is 12.8. The van der Waals surface area contributed by atoms with Gasteiger partial charge in [-0.3, -0.25) is 0 Å². The van der Waals surface area contributed by atoms with Gasteiger partial charge in [0, 0.05) is 11.0 Å². The Morgan fingerprint density at radius 3 is 1.61 bits per heavy atom. The molecule has 2 aromatic rings. The van der Waals surface area contributed by atoms with Crippen LogP contribution in [0.4, 0.5) is 0 Å². The highest BCUT2D eigenvalue weighted by atomic mass is 16.3. The Hall–Kier alpha value is -1.76. The minimum atomic E-state index is -0.227. The van der Waals surface area contributed by atoms with Crippen molar-refractivity contribution in [2.75, 3.05) is 0 Å². The maximum atomic E-state index is 11.0. The molecule has 172 valence electrons. The van der Waals surface area contributed by atoms with E-state index < -0.39 is 0 Å². The number of rotatable bonds is 15. The number of aromatic hydroxyl groups is 1. The maximum absolute atomic E-state index is 11.0. The van der Waals surface area contributed by atoms with Gasteiger partial charge < -0.3 is 5.11 Å². The summed E-state index contributed by atoms with van der Waals surface area (Å²) in [7, 11) is 0. The fraction of sp³-hybridized carbons (Fsp3) is 0.600. The lowest BCUT2D eigenvalue weighted by Gasteiger charge is -2.48. The van der Waals surface area contributed by atoms with Crippen molar-refractivity contribution in [2.45, 2.75) is 110 Å². The summed E-state index contributed by atoms with van der Waals surface area (Å²) in [5.41, 5.74) is 2.26. The molecule has 31 heavy (non-hydrogen) atoms. The van der Waals surface area contributed by atoms with Gasteiger partial charge in [0.15, 0.2) is 0 Å². The van der Waals surface area contributed by atoms with Gasteiger partial charge in [-0.1, -0.05) is 140 Å². The second kappa shape index (κ2) is 12.9. The summed E-state index contributed by atoms with van der Waals surface area (Å²) in [6.45, 7) is 9.44. The van der Waals surface area contributed by atoms with Crippen LogP contribution in [0.25, 0.3) is 0 Å². The van der Waals surface area contributed by atoms with Gasteiger partial charge in [-0.05, 0) is 29.9 Å². The van der Waals surface area contributed by atoms with Crippen molar-refractivity contribution in [2.24, 2.45) is 5.41 Å². The lowest BCUT2D eigenvalue weighted by atomic mass is 9.55. The summed E-state index contributed by atoms with van der Waals surface area (Å²) in [6.07, 6.45) is 15.5. The van der Waals surface area contributed by atoms with Crippen molar-refractivity contribution in [3.05, 3.63) is 65.7 Å². The van der Waals surface area contributed by atoms with Gasteiger partial charge in [0.25, 0.3) is 0 Å². The van der Waals surface area contributed by atoms with Gasteiger partial charge in [0.1, 0.15) is 5.75 Å². The number of benzene rings is 2. The van der Waals surface area contributed by atoms with Crippen LogP contribution in [0.3, 0.4) is 0 Å². The molecule has 0 amide bonds. The molecule has 1 N–H and O–H groups in total. The molecule has 0 heterocycles. The Balaban J connectivity index is 2.40. The van der Waals surface area contributed by atoms with Crippen LogP contribution >= 0.6 is 0 Å². The third-order valence-electron chi connectivity index (χ3n) is 7.67. The molecule has 0 bridgehead atoms. The molecule has 0 fully saturated rings. The normalized spacial score (nSPS) is 13.8. The van der Waals surface area contributed by atoms with E-state index in [-0.39, 0.29) is 10.8 Å². The van der Waals surface area contributed by atoms with Crippen LogP contribution in [-0.2, 0) is 5.41 Å². The number of unbranched alkanes of at least 4 members (excludes halogenated alkanes) is 8. The Kier molecular flexibility index (Phi) is 10.6. The zero-order chi connectivity index (χ0) is 22.6. The molecule has 0 aliphatic rings. The van der Waals surface area contributed by atoms with Crippen molar-refractivity contribution >= 4 is 0 Å². The number of phenols is 1. The molecule has 1 nitrogen and oxygen atoms in total. The van der Waals surface area contributed by atoms with E-state index in [1.165, 1.54) is 82.6 Å². The van der Waals surface area contributed by atoms with Crippen LogP contribution in [0.2, 0.25) is 0 Å². The fourth-order valence-electron chi connectivity index (χ4n) is 5.36. The zero-order valence-corrected chi connectivity index (χ0v) is 20.6. The van der Waals surface area contributed by atoms with Gasteiger partial charge in [0.2, 0.25) is 0 Å². The average molecular weight is 423 g/mol. The van der Waals surface area contributed by atoms with E-state index >= 15 is 0 Å². The molecule has 1 atom stereocenters. The lowest BCUT2D eigenvalue weighted by Crippen LogP contribution is -2.43. The quantitative estimate of drug-likeness (QED) is 0.283. The zero-order valence-electron chi connectivity index (χ0n) is 20.6. The molecule has 0 aliphatic carbocycles. The SMILES string of the molecule is CCCCCCCC(C)(CCCCCCC)C(C)(c1ccccc1)c1ccccc1O. The first-order chi connectivity index (χ1) is 15.0. The summed E-state index contributed by atoms with van der Waals surface area (Å²) < 4.78 is 0. The average Bonchev–Trinajstić information content (AvgIpc) is 2.79. The van der Waals surface area contributed by atoms with E-state index in [1.807, 2.05) is 12.1 Å². The summed E-state index contributed by atoms with van der Waals surface area (Å²) >= 11 is 0. The highest BCUT2D eigenvalue weighted by Gasteiger charge is 2.47. The molecule has 0 saturated carbocycles. The number of para-hydroxylation sites is 1. The van der Waals surface area contributed by atoms with Crippen LogP contribution < -0.4 is 0 Å². The van der Waals surface area contributed by atoms with E-state index in [0.717, 1.165) is 5.56 Å². The molecule has 0 radical (unpaired) electrons. The topological polar surface area (TPSA) is 20.2 Å². The predicted molar refractivity (Wildman–Crippen MR) is 136 cm³/mol. The molecule has 2 rings (SSSR count). The van der Waals surface area contributed by atoms with E-state index in [0.29, 0.717) is 5.75 Å². The van der Waals surface area contributed by atoms with Crippen molar-refractivity contribution < 1.29 is 5.11 Å². The first-order valence-corrected chi connectivity index (χ1v) is 12.8. The number of hydrogen-bond donors (Lipinski definition) is 1. The molecule has 1 heteroatoms. The van der Waals surface area contributed by atoms with Crippen LogP contribution in [-0.4, -0.2) is 5.11 Å². The molecule has 0 saturated heterocycles. The highest BCUT2D eigenvalue weighted by molar-refractivity contribution is 5.48. The van der Waals surface area contributed by atoms with Crippen LogP contribution in [0.5, 0.6) is 5.75 Å². The Morgan fingerprint density at radius 1 is 0.613 bits per heavy atom. The van der Waals surface area contributed by atoms with Gasteiger partial charge in [-0.25, -0.2) is 0 Å². The standard InChI is InChI=1S/C30H46O/c1-5-7-9-11-18-24-29(3,25-19-12-10-8-6-2)30(4,26-20-14-13-15-21-26)27-22-16-17-23-28(27)31/h13-17,20-23,31H,5-12,18-19,24-25H2,1-4H3. The van der Waals surface area contributed by atoms with E-state index in [4.69, 9.17) is 0 Å². The summed E-state index contributed by atoms with van der Waals surface area (Å²) in [5.74, 6) is 0.428. The van der Waals surface area contributed by atoms with Crippen molar-refractivity contribution in [1.29, 1.82) is 0 Å². The molecule has 1 unspecified atom stereocenters. The van der Waals surface area contributed by atoms with Gasteiger partial charge in [0.05, 0.1) is 0 Å². The van der Waals surface area contributed by atoms with Gasteiger partial charge in [-0.15, -0.1) is 0 Å². The smallest absolute Gasteiger partial charge is 0.119 e. The Bertz CT molecular complexity index is 721. The number of hydrogen-bond acceptors (Lipinski definition) is 1. The fourth-order valence-corrected chi connectivity index (χ4v) is 5.36. The van der Waals surface area contributed by atoms with Gasteiger partial charge in [-0.2, -0.15) is 0 Å². The highest BCUT2D eigenvalue weighted by Crippen LogP contribution is 2.54. The summed E-state index contributed by atoms with van der Waals surface area (Å²) in [5, 5.41) is 11.0. The van der Waals surface area contributed by atoms with Crippen molar-refractivity contribution in [3.63, 3.8) is 0 Å². The third kappa shape index (κ3) is 6.61. The second-order valence-electron chi connectivity index (χ2n) is 9.90. The molecular formula is C30H46O.